The van der Waals surface area contributed by atoms with Crippen LogP contribution in [0.2, 0.25) is 0 Å². The molecule has 0 radical (unpaired) electrons. The minimum absolute atomic E-state index is 0.0436. The average Bonchev–Trinajstić information content (AvgIpc) is 2.61. The molecule has 1 fully saturated rings. The molecular formula is C19H26N2O4. The van der Waals surface area contributed by atoms with Crippen molar-refractivity contribution in [2.75, 3.05) is 38.2 Å². The number of carbonyl (C=O) groups excluding carboxylic acids is 2. The zero-order chi connectivity index (χ0) is 18.1. The maximum atomic E-state index is 12.2. The number of esters is 1. The zero-order valence-corrected chi connectivity index (χ0v) is 14.7. The van der Waals surface area contributed by atoms with Crippen molar-refractivity contribution in [3.8, 4) is 5.75 Å². The van der Waals surface area contributed by atoms with Crippen LogP contribution in [0.4, 0.5) is 5.69 Å². The van der Waals surface area contributed by atoms with Gasteiger partial charge < -0.3 is 14.8 Å². The third kappa shape index (κ3) is 6.23. The predicted molar refractivity (Wildman–Crippen MR) is 96.6 cm³/mol. The Labute approximate surface area is 148 Å². The summed E-state index contributed by atoms with van der Waals surface area (Å²) in [6.07, 6.45) is 3.14. The monoisotopic (exact) mass is 346 g/mol. The lowest BCUT2D eigenvalue weighted by Crippen LogP contribution is -2.41. The average molecular weight is 346 g/mol. The van der Waals surface area contributed by atoms with E-state index in [2.05, 4.69) is 16.8 Å². The number of piperidine rings is 1. The van der Waals surface area contributed by atoms with Gasteiger partial charge in [0.05, 0.1) is 19.1 Å². The molecule has 0 saturated carbocycles. The summed E-state index contributed by atoms with van der Waals surface area (Å²) in [5, 5.41) is 2.88. The fraction of sp³-hybridized carbons (Fsp3) is 0.474. The minimum atomic E-state index is -0.122. The normalized spacial score (nSPS) is 15.4. The predicted octanol–water partition coefficient (Wildman–Crippen LogP) is 2.47. The van der Waals surface area contributed by atoms with E-state index < -0.39 is 0 Å². The molecule has 136 valence electrons. The van der Waals surface area contributed by atoms with Crippen molar-refractivity contribution < 1.29 is 19.1 Å². The van der Waals surface area contributed by atoms with E-state index >= 15 is 0 Å². The molecule has 25 heavy (non-hydrogen) atoms. The molecule has 1 aromatic carbocycles. The fourth-order valence-electron chi connectivity index (χ4n) is 2.81. The molecule has 2 rings (SSSR count). The van der Waals surface area contributed by atoms with Crippen LogP contribution in [-0.2, 0) is 14.3 Å². The van der Waals surface area contributed by atoms with Gasteiger partial charge in [0, 0.05) is 11.8 Å². The molecule has 6 heteroatoms. The van der Waals surface area contributed by atoms with Gasteiger partial charge in [-0.1, -0.05) is 18.7 Å². The molecule has 6 nitrogen and oxygen atoms in total. The van der Waals surface area contributed by atoms with Crippen LogP contribution in [0.25, 0.3) is 0 Å². The lowest BCUT2D eigenvalue weighted by Gasteiger charge is -2.30. The molecule has 0 aliphatic carbocycles. The SMILES string of the molecule is C=CCOc1cccc(NC(=O)CN2CCC(C(=O)OCC)CC2)c1. The lowest BCUT2D eigenvalue weighted by molar-refractivity contribution is -0.149. The summed E-state index contributed by atoms with van der Waals surface area (Å²) in [7, 11) is 0. The molecule has 0 atom stereocenters. The Balaban J connectivity index is 1.77. The molecular weight excluding hydrogens is 320 g/mol. The number of benzene rings is 1. The quantitative estimate of drug-likeness (QED) is 0.578. The van der Waals surface area contributed by atoms with Crippen LogP contribution in [-0.4, -0.2) is 49.6 Å². The smallest absolute Gasteiger partial charge is 0.309 e. The fourth-order valence-corrected chi connectivity index (χ4v) is 2.81. The number of nitrogens with zero attached hydrogens (tertiary/aromatic N) is 1. The van der Waals surface area contributed by atoms with Gasteiger partial charge in [-0.05, 0) is 45.0 Å². The van der Waals surface area contributed by atoms with E-state index in [-0.39, 0.29) is 17.8 Å². The van der Waals surface area contributed by atoms with Gasteiger partial charge in [-0.3, -0.25) is 14.5 Å². The summed E-state index contributed by atoms with van der Waals surface area (Å²) in [5.41, 5.74) is 0.702. The molecule has 1 heterocycles. The number of anilines is 1. The number of rotatable bonds is 8. The third-order valence-corrected chi connectivity index (χ3v) is 4.06. The first-order chi connectivity index (χ1) is 12.1. The van der Waals surface area contributed by atoms with Crippen LogP contribution in [0.15, 0.2) is 36.9 Å². The second-order valence-electron chi connectivity index (χ2n) is 5.98. The molecule has 1 aromatic rings. The first-order valence-corrected chi connectivity index (χ1v) is 8.65. The number of amides is 1. The van der Waals surface area contributed by atoms with Crippen molar-refractivity contribution in [2.45, 2.75) is 19.8 Å². The maximum absolute atomic E-state index is 12.2. The number of hydrogen-bond acceptors (Lipinski definition) is 5. The highest BCUT2D eigenvalue weighted by Crippen LogP contribution is 2.20. The molecule has 1 N–H and O–H groups in total. The van der Waals surface area contributed by atoms with Crippen LogP contribution >= 0.6 is 0 Å². The molecule has 1 aliphatic rings. The summed E-state index contributed by atoms with van der Waals surface area (Å²) >= 11 is 0. The highest BCUT2D eigenvalue weighted by molar-refractivity contribution is 5.92. The van der Waals surface area contributed by atoms with Crippen LogP contribution in [0.5, 0.6) is 5.75 Å². The van der Waals surface area contributed by atoms with Gasteiger partial charge in [0.25, 0.3) is 0 Å². The summed E-state index contributed by atoms with van der Waals surface area (Å²) in [6, 6.07) is 7.28. The number of ether oxygens (including phenoxy) is 2. The van der Waals surface area contributed by atoms with Gasteiger partial charge in [-0.15, -0.1) is 0 Å². The third-order valence-electron chi connectivity index (χ3n) is 4.06. The topological polar surface area (TPSA) is 67.9 Å². The number of likely N-dealkylation sites (tertiary alicyclic amines) is 1. The molecule has 1 saturated heterocycles. The summed E-state index contributed by atoms with van der Waals surface area (Å²) < 4.78 is 10.5. The van der Waals surface area contributed by atoms with E-state index in [1.807, 2.05) is 25.1 Å². The van der Waals surface area contributed by atoms with Gasteiger partial charge in [-0.2, -0.15) is 0 Å². The number of carbonyl (C=O) groups is 2. The van der Waals surface area contributed by atoms with Crippen LogP contribution in [0, 0.1) is 5.92 Å². The molecule has 1 aliphatic heterocycles. The van der Waals surface area contributed by atoms with Gasteiger partial charge in [0.1, 0.15) is 12.4 Å². The molecule has 0 spiro atoms. The van der Waals surface area contributed by atoms with E-state index in [1.54, 1.807) is 12.1 Å². The lowest BCUT2D eigenvalue weighted by atomic mass is 9.97. The first kappa shape index (κ1) is 19.0. The van der Waals surface area contributed by atoms with Gasteiger partial charge >= 0.3 is 5.97 Å². The van der Waals surface area contributed by atoms with E-state index in [1.165, 1.54) is 0 Å². The molecule has 0 bridgehead atoms. The van der Waals surface area contributed by atoms with E-state index in [9.17, 15) is 9.59 Å². The van der Waals surface area contributed by atoms with Crippen molar-refractivity contribution in [2.24, 2.45) is 5.92 Å². The van der Waals surface area contributed by atoms with Crippen LogP contribution < -0.4 is 10.1 Å². The Morgan fingerprint density at radius 1 is 1.36 bits per heavy atom. The van der Waals surface area contributed by atoms with E-state index in [4.69, 9.17) is 9.47 Å². The highest BCUT2D eigenvalue weighted by atomic mass is 16.5. The minimum Gasteiger partial charge on any atom is -0.489 e. The van der Waals surface area contributed by atoms with E-state index in [0.717, 1.165) is 25.9 Å². The molecule has 0 aromatic heterocycles. The van der Waals surface area contributed by atoms with Gasteiger partial charge in [0.2, 0.25) is 5.91 Å². The Hall–Kier alpha value is -2.34. The number of hydrogen-bond donors (Lipinski definition) is 1. The molecule has 1 amide bonds. The van der Waals surface area contributed by atoms with Crippen molar-refractivity contribution in [1.82, 2.24) is 4.90 Å². The second-order valence-corrected chi connectivity index (χ2v) is 5.98. The van der Waals surface area contributed by atoms with Crippen molar-refractivity contribution in [1.29, 1.82) is 0 Å². The summed E-state index contributed by atoms with van der Waals surface area (Å²) in [5.74, 6) is 0.448. The van der Waals surface area contributed by atoms with E-state index in [0.29, 0.717) is 31.2 Å². The zero-order valence-electron chi connectivity index (χ0n) is 14.7. The summed E-state index contributed by atoms with van der Waals surface area (Å²) in [4.78, 5) is 26.0. The van der Waals surface area contributed by atoms with Gasteiger partial charge in [-0.25, -0.2) is 0 Å². The highest BCUT2D eigenvalue weighted by Gasteiger charge is 2.26. The molecule has 0 unspecified atom stereocenters. The largest absolute Gasteiger partial charge is 0.489 e. The van der Waals surface area contributed by atoms with Crippen LogP contribution in [0.3, 0.4) is 0 Å². The standard InChI is InChI=1S/C19H26N2O4/c1-3-12-25-17-7-5-6-16(13-17)20-18(22)14-21-10-8-15(9-11-21)19(23)24-4-2/h3,5-7,13,15H,1,4,8-12,14H2,2H3,(H,20,22). The van der Waals surface area contributed by atoms with Crippen molar-refractivity contribution in [3.63, 3.8) is 0 Å². The van der Waals surface area contributed by atoms with Crippen LogP contribution in [0.1, 0.15) is 19.8 Å². The Morgan fingerprint density at radius 3 is 2.80 bits per heavy atom. The first-order valence-electron chi connectivity index (χ1n) is 8.65. The maximum Gasteiger partial charge on any atom is 0.309 e. The number of nitrogens with one attached hydrogen (secondary N) is 1. The summed E-state index contributed by atoms with van der Waals surface area (Å²) in [6.45, 7) is 8.02. The Morgan fingerprint density at radius 2 is 2.12 bits per heavy atom. The second kappa shape index (κ2) is 9.84. The van der Waals surface area contributed by atoms with Gasteiger partial charge in [0.15, 0.2) is 0 Å². The van der Waals surface area contributed by atoms with Crippen molar-refractivity contribution in [3.05, 3.63) is 36.9 Å². The Kier molecular flexibility index (Phi) is 7.47. The Bertz CT molecular complexity index is 595. The van der Waals surface area contributed by atoms with Crippen molar-refractivity contribution >= 4 is 17.6 Å².